The third kappa shape index (κ3) is 12.3. The fourth-order valence-corrected chi connectivity index (χ4v) is 7.59. The minimum absolute atomic E-state index is 0.00377. The number of hydrogen-bond donors (Lipinski definition) is 8. The number of aryl methyl sites for hydroxylation is 2. The zero-order chi connectivity index (χ0) is 47.9. The van der Waals surface area contributed by atoms with Crippen LogP contribution in [-0.2, 0) is 32.0 Å². The predicted molar refractivity (Wildman–Crippen MR) is 249 cm³/mol. The van der Waals surface area contributed by atoms with Crippen LogP contribution in [0.15, 0.2) is 60.8 Å². The van der Waals surface area contributed by atoms with Crippen molar-refractivity contribution in [1.29, 1.82) is 5.26 Å². The molecule has 4 aromatic rings. The molecule has 0 spiro atoms. The van der Waals surface area contributed by atoms with E-state index in [1.54, 1.807) is 55.6 Å². The van der Waals surface area contributed by atoms with Crippen molar-refractivity contribution in [2.45, 2.75) is 77.0 Å². The number of unbranched alkanes of at least 4 members (excludes halogenated alkanes) is 1. The van der Waals surface area contributed by atoms with Crippen LogP contribution in [-0.4, -0.2) is 109 Å². The fourth-order valence-electron chi connectivity index (χ4n) is 7.59. The Balaban J connectivity index is 1.56. The molecular weight excluding hydrogens is 845 g/mol. The maximum atomic E-state index is 14.7. The number of pyridine rings is 2. The van der Waals surface area contributed by atoms with Gasteiger partial charge in [-0.25, -0.2) is 0 Å². The molecule has 66 heavy (non-hydrogen) atoms. The predicted octanol–water partition coefficient (Wildman–Crippen LogP) is 1.55. The second-order valence-corrected chi connectivity index (χ2v) is 15.9. The number of anilines is 1. The number of nitrogens with zero attached hydrogens (tertiary/aromatic N) is 4. The first kappa shape index (κ1) is 49.9. The average Bonchev–Trinajstić information content (AvgIpc) is 3.30. The Morgan fingerprint density at radius 2 is 1.64 bits per heavy atom. The van der Waals surface area contributed by atoms with Crippen LogP contribution in [0.4, 0.5) is 5.69 Å². The van der Waals surface area contributed by atoms with Crippen LogP contribution in [0.2, 0.25) is 0 Å². The van der Waals surface area contributed by atoms with Gasteiger partial charge in [0.05, 0.1) is 28.7 Å². The van der Waals surface area contributed by atoms with E-state index in [9.17, 15) is 24.0 Å². The first-order valence-electron chi connectivity index (χ1n) is 21.9. The molecule has 4 atom stereocenters. The van der Waals surface area contributed by atoms with Gasteiger partial charge in [0.15, 0.2) is 0 Å². The fraction of sp³-hybridized carbons (Fsp3) is 0.404. The molecule has 12 N–H and O–H groups in total. The number of rotatable bonds is 18. The van der Waals surface area contributed by atoms with Gasteiger partial charge in [0.25, 0.3) is 5.91 Å². The molecule has 0 aliphatic carbocycles. The second-order valence-electron chi connectivity index (χ2n) is 15.9. The summed E-state index contributed by atoms with van der Waals surface area (Å²) in [5, 5.41) is 19.8. The molecule has 1 unspecified atom stereocenters. The summed E-state index contributed by atoms with van der Waals surface area (Å²) in [4.78, 5) is 80.7. The number of hydrogen-bond acceptors (Lipinski definition) is 14. The molecule has 0 radical (unpaired) electrons. The van der Waals surface area contributed by atoms with Gasteiger partial charge in [-0.1, -0.05) is 31.5 Å². The van der Waals surface area contributed by atoms with Crippen molar-refractivity contribution in [3.63, 3.8) is 0 Å². The lowest BCUT2D eigenvalue weighted by atomic mass is 9.93. The molecule has 2 aromatic heterocycles. The number of amides is 5. The normalized spacial score (nSPS) is 16.4. The van der Waals surface area contributed by atoms with Crippen LogP contribution in [0.1, 0.15) is 71.9 Å². The summed E-state index contributed by atoms with van der Waals surface area (Å²) in [6.07, 6.45) is 4.78. The van der Waals surface area contributed by atoms with Crippen LogP contribution < -0.4 is 53.7 Å². The molecule has 2 aromatic carbocycles. The Morgan fingerprint density at radius 3 is 2.26 bits per heavy atom. The topological polar surface area (TPSA) is 309 Å². The number of likely N-dealkylation sites (N-methyl/N-ethyl adjacent to an activating group) is 1. The molecule has 19 nitrogen and oxygen atoms in total. The van der Waals surface area contributed by atoms with E-state index in [0.717, 1.165) is 24.8 Å². The second kappa shape index (κ2) is 23.7. The number of fused-ring (bicyclic) bond motifs is 5. The first-order chi connectivity index (χ1) is 31.7. The third-order valence-electron chi connectivity index (χ3n) is 11.0. The SMILES string of the molecule is CCCCc1ccc(-c2cc(N)c(C(=O)NC(CCN)C(=O)N(C)[C@@H]3C(=O)N[C@@H](C)C(=O)N[C@H](C(=O)NCC#N)Cc4ccc(OCCN)c(c4)-c4cc3ccc4OCCN)c(C)n2)nc1. The van der Waals surface area contributed by atoms with Crippen LogP contribution in [0.25, 0.3) is 22.5 Å². The van der Waals surface area contributed by atoms with Gasteiger partial charge in [-0.2, -0.15) is 5.26 Å². The first-order valence-corrected chi connectivity index (χ1v) is 21.9. The summed E-state index contributed by atoms with van der Waals surface area (Å²) in [7, 11) is 1.40. The van der Waals surface area contributed by atoms with E-state index in [4.69, 9.17) is 37.7 Å². The van der Waals surface area contributed by atoms with Crippen LogP contribution >= 0.6 is 0 Å². The maximum Gasteiger partial charge on any atom is 0.255 e. The van der Waals surface area contributed by atoms with Crippen molar-refractivity contribution in [3.05, 3.63) is 88.7 Å². The standard InChI is InChI=1S/C47H60N12O7/c1-5-6-7-29-8-11-35(54-26-29)37-25-34(52)41(27(2)55-37)45(62)57-36(14-15-48)47(64)59(4)42-31-10-13-40(66-21-18-51)33(24-31)32-22-30(9-12-39(32)65-20-17-50)23-38(44(61)53-19-16-49)58-43(60)28(3)56-46(42)63/h8-13,22,24-26,28,36,38,42H,5-7,14-15,17-21,23,48,50-51H2,1-4H3,(H2,52,55)(H,53,61)(H,56,63)(H,57,62)(H,58,60)/t28-,36?,38-,42-/m0/s1. The summed E-state index contributed by atoms with van der Waals surface area (Å²) < 4.78 is 12.2. The van der Waals surface area contributed by atoms with Gasteiger partial charge in [0.2, 0.25) is 23.6 Å². The van der Waals surface area contributed by atoms with E-state index in [1.807, 2.05) is 18.2 Å². The molecule has 5 amide bonds. The highest BCUT2D eigenvalue weighted by atomic mass is 16.5. The zero-order valence-electron chi connectivity index (χ0n) is 37.8. The van der Waals surface area contributed by atoms with Crippen LogP contribution in [0, 0.1) is 18.3 Å². The molecule has 5 rings (SSSR count). The van der Waals surface area contributed by atoms with E-state index in [0.29, 0.717) is 50.8 Å². The Morgan fingerprint density at radius 1 is 0.939 bits per heavy atom. The highest BCUT2D eigenvalue weighted by molar-refractivity contribution is 6.03. The number of carbonyl (C=O) groups is 5. The minimum atomic E-state index is -1.42. The van der Waals surface area contributed by atoms with E-state index in [-0.39, 0.29) is 63.5 Å². The van der Waals surface area contributed by atoms with E-state index >= 15 is 0 Å². The number of carbonyl (C=O) groups excluding carboxylic acids is 5. The average molecular weight is 905 g/mol. The van der Waals surface area contributed by atoms with Gasteiger partial charge in [0, 0.05) is 49.6 Å². The molecule has 0 saturated carbocycles. The van der Waals surface area contributed by atoms with Gasteiger partial charge < -0.3 is 58.6 Å². The van der Waals surface area contributed by atoms with Crippen molar-refractivity contribution in [1.82, 2.24) is 36.1 Å². The Kier molecular flexibility index (Phi) is 17.9. The highest BCUT2D eigenvalue weighted by Gasteiger charge is 2.36. The number of aromatic nitrogens is 2. The molecule has 3 heterocycles. The molecule has 19 heteroatoms. The number of nitriles is 1. The lowest BCUT2D eigenvalue weighted by Gasteiger charge is -2.32. The molecule has 1 aliphatic rings. The summed E-state index contributed by atoms with van der Waals surface area (Å²) in [6.45, 7) is 5.51. The molecule has 0 saturated heterocycles. The van der Waals surface area contributed by atoms with Crippen molar-refractivity contribution in [2.75, 3.05) is 52.2 Å². The number of nitrogen functional groups attached to an aromatic ring is 1. The van der Waals surface area contributed by atoms with E-state index in [1.165, 1.54) is 18.9 Å². The number of benzene rings is 2. The number of ether oxygens (including phenoxy) is 2. The van der Waals surface area contributed by atoms with Crippen molar-refractivity contribution < 1.29 is 33.4 Å². The Hall–Kier alpha value is -7.14. The summed E-state index contributed by atoms with van der Waals surface area (Å²) in [6, 6.07) is 12.3. The quantitative estimate of drug-likeness (QED) is 0.0658. The van der Waals surface area contributed by atoms with Gasteiger partial charge in [-0.15, -0.1) is 0 Å². The molecule has 0 fully saturated rings. The maximum absolute atomic E-state index is 14.7. The number of nitrogens with one attached hydrogen (secondary N) is 4. The lowest BCUT2D eigenvalue weighted by Crippen LogP contribution is -2.56. The smallest absolute Gasteiger partial charge is 0.255 e. The number of nitrogens with two attached hydrogens (primary N) is 4. The van der Waals surface area contributed by atoms with Gasteiger partial charge >= 0.3 is 0 Å². The minimum Gasteiger partial charge on any atom is -0.492 e. The molecular formula is C47H60N12O7. The van der Waals surface area contributed by atoms with Crippen molar-refractivity contribution >= 4 is 35.2 Å². The molecule has 350 valence electrons. The van der Waals surface area contributed by atoms with Crippen molar-refractivity contribution in [2.24, 2.45) is 17.2 Å². The molecule has 1 aliphatic heterocycles. The third-order valence-corrected chi connectivity index (χ3v) is 11.0. The highest BCUT2D eigenvalue weighted by Crippen LogP contribution is 2.40. The molecule has 4 bridgehead atoms. The van der Waals surface area contributed by atoms with Gasteiger partial charge in [-0.3, -0.25) is 33.9 Å². The summed E-state index contributed by atoms with van der Waals surface area (Å²) in [5.41, 5.74) is 28.6. The zero-order valence-corrected chi connectivity index (χ0v) is 37.8. The Bertz CT molecular complexity index is 2400. The van der Waals surface area contributed by atoms with Crippen LogP contribution in [0.5, 0.6) is 11.5 Å². The van der Waals surface area contributed by atoms with Gasteiger partial charge in [-0.05, 0) is 92.7 Å². The van der Waals surface area contributed by atoms with E-state index < -0.39 is 53.7 Å². The van der Waals surface area contributed by atoms with Gasteiger partial charge in [0.1, 0.15) is 55.4 Å². The lowest BCUT2D eigenvalue weighted by molar-refractivity contribution is -0.141. The van der Waals surface area contributed by atoms with Crippen molar-refractivity contribution in [3.8, 4) is 40.1 Å². The van der Waals surface area contributed by atoms with E-state index in [2.05, 4.69) is 38.2 Å². The summed E-state index contributed by atoms with van der Waals surface area (Å²) in [5.74, 6) is -2.72. The Labute approximate surface area is 384 Å². The summed E-state index contributed by atoms with van der Waals surface area (Å²) >= 11 is 0. The monoisotopic (exact) mass is 904 g/mol. The van der Waals surface area contributed by atoms with Crippen LogP contribution in [0.3, 0.4) is 0 Å². The largest absolute Gasteiger partial charge is 0.492 e.